The smallest absolute Gasteiger partial charge is 0.138 e. The average molecular weight is 320 g/mol. The number of aliphatic hydroxyl groups excluding tert-OH is 1. The fourth-order valence-electron chi connectivity index (χ4n) is 1.94. The summed E-state index contributed by atoms with van der Waals surface area (Å²) in [6.45, 7) is 7.07. The molecule has 0 aliphatic heterocycles. The summed E-state index contributed by atoms with van der Waals surface area (Å²) in [5, 5.41) is 14.3. The lowest BCUT2D eigenvalue weighted by atomic mass is 9.99. The third kappa shape index (κ3) is 6.31. The van der Waals surface area contributed by atoms with Crippen LogP contribution in [0.25, 0.3) is 0 Å². The third-order valence-electron chi connectivity index (χ3n) is 3.02. The number of nitrogens with one attached hydrogen (secondary N) is 1. The Morgan fingerprint density at radius 1 is 1.35 bits per heavy atom. The summed E-state index contributed by atoms with van der Waals surface area (Å²) in [6, 6.07) is 5.02. The van der Waals surface area contributed by atoms with Crippen molar-refractivity contribution in [3.63, 3.8) is 0 Å². The molecule has 3 nitrogen and oxygen atoms in total. The van der Waals surface area contributed by atoms with Crippen LogP contribution in [0.15, 0.2) is 18.2 Å². The van der Waals surface area contributed by atoms with Gasteiger partial charge in [-0.25, -0.2) is 0 Å². The Hall–Kier alpha value is -0.480. The van der Waals surface area contributed by atoms with Gasteiger partial charge in [-0.3, -0.25) is 0 Å². The van der Waals surface area contributed by atoms with Gasteiger partial charge >= 0.3 is 0 Å². The molecule has 0 aromatic heterocycles. The van der Waals surface area contributed by atoms with Gasteiger partial charge in [0.2, 0.25) is 0 Å². The molecule has 0 aliphatic rings. The van der Waals surface area contributed by atoms with Gasteiger partial charge in [-0.1, -0.05) is 36.5 Å². The molecule has 114 valence electrons. The zero-order chi connectivity index (χ0) is 15.2. The molecule has 0 radical (unpaired) electrons. The van der Waals surface area contributed by atoms with Gasteiger partial charge in [-0.15, -0.1) is 0 Å². The lowest BCUT2D eigenvalue weighted by Crippen LogP contribution is -2.44. The van der Waals surface area contributed by atoms with E-state index in [1.54, 1.807) is 18.2 Å². The number of rotatable bonds is 8. The molecule has 0 bridgehead atoms. The SMILES string of the molecule is CCCC(C)(C)NCC(O)COc1ccc(Cl)cc1Cl. The molecule has 1 unspecified atom stereocenters. The van der Waals surface area contributed by atoms with Gasteiger partial charge in [0.15, 0.2) is 0 Å². The Morgan fingerprint density at radius 3 is 2.65 bits per heavy atom. The van der Waals surface area contributed by atoms with E-state index < -0.39 is 6.10 Å². The molecule has 1 aromatic rings. The van der Waals surface area contributed by atoms with E-state index in [-0.39, 0.29) is 12.1 Å². The van der Waals surface area contributed by atoms with Crippen molar-refractivity contribution in [3.8, 4) is 5.75 Å². The highest BCUT2D eigenvalue weighted by molar-refractivity contribution is 6.35. The summed E-state index contributed by atoms with van der Waals surface area (Å²) in [5.41, 5.74) is 0.0215. The van der Waals surface area contributed by atoms with E-state index in [0.29, 0.717) is 22.3 Å². The van der Waals surface area contributed by atoms with E-state index in [0.717, 1.165) is 12.8 Å². The molecule has 20 heavy (non-hydrogen) atoms. The summed E-state index contributed by atoms with van der Waals surface area (Å²) in [7, 11) is 0. The molecular formula is C15H23Cl2NO2. The van der Waals surface area contributed by atoms with Crippen LogP contribution in [0.2, 0.25) is 10.0 Å². The van der Waals surface area contributed by atoms with Crippen LogP contribution in [-0.2, 0) is 0 Å². The van der Waals surface area contributed by atoms with Gasteiger partial charge < -0.3 is 15.2 Å². The fourth-order valence-corrected chi connectivity index (χ4v) is 2.41. The molecular weight excluding hydrogens is 297 g/mol. The average Bonchev–Trinajstić information content (AvgIpc) is 2.35. The molecule has 0 saturated heterocycles. The molecule has 0 spiro atoms. The minimum atomic E-state index is -0.585. The normalized spacial score (nSPS) is 13.3. The van der Waals surface area contributed by atoms with Gasteiger partial charge in [0.05, 0.1) is 5.02 Å². The Kier molecular flexibility index (Phi) is 7.10. The minimum absolute atomic E-state index is 0.0215. The monoisotopic (exact) mass is 319 g/mol. The maximum Gasteiger partial charge on any atom is 0.138 e. The molecule has 5 heteroatoms. The van der Waals surface area contributed by atoms with Crippen LogP contribution in [0.3, 0.4) is 0 Å². The highest BCUT2D eigenvalue weighted by Crippen LogP contribution is 2.27. The lowest BCUT2D eigenvalue weighted by molar-refractivity contribution is 0.0981. The van der Waals surface area contributed by atoms with E-state index in [2.05, 4.69) is 26.1 Å². The van der Waals surface area contributed by atoms with Crippen LogP contribution >= 0.6 is 23.2 Å². The molecule has 0 saturated carbocycles. The van der Waals surface area contributed by atoms with Crippen molar-refractivity contribution in [2.24, 2.45) is 0 Å². The highest BCUT2D eigenvalue weighted by atomic mass is 35.5. The second-order valence-electron chi connectivity index (χ2n) is 5.55. The predicted molar refractivity (Wildman–Crippen MR) is 85.0 cm³/mol. The van der Waals surface area contributed by atoms with Crippen LogP contribution in [0.4, 0.5) is 0 Å². The fraction of sp³-hybridized carbons (Fsp3) is 0.600. The minimum Gasteiger partial charge on any atom is -0.489 e. The maximum absolute atomic E-state index is 9.93. The highest BCUT2D eigenvalue weighted by Gasteiger charge is 2.17. The number of hydrogen-bond acceptors (Lipinski definition) is 3. The van der Waals surface area contributed by atoms with Crippen molar-refractivity contribution >= 4 is 23.2 Å². The van der Waals surface area contributed by atoms with Crippen molar-refractivity contribution in [1.29, 1.82) is 0 Å². The quantitative estimate of drug-likeness (QED) is 0.763. The van der Waals surface area contributed by atoms with Crippen LogP contribution in [0, 0.1) is 0 Å². The summed E-state index contributed by atoms with van der Waals surface area (Å²) in [6.07, 6.45) is 1.58. The van der Waals surface area contributed by atoms with Gasteiger partial charge in [-0.05, 0) is 38.5 Å². The van der Waals surface area contributed by atoms with Gasteiger partial charge in [-0.2, -0.15) is 0 Å². The van der Waals surface area contributed by atoms with Crippen LogP contribution in [-0.4, -0.2) is 29.9 Å². The lowest BCUT2D eigenvalue weighted by Gasteiger charge is -2.27. The van der Waals surface area contributed by atoms with Crippen LogP contribution in [0.5, 0.6) is 5.75 Å². The van der Waals surface area contributed by atoms with Gasteiger partial charge in [0.25, 0.3) is 0 Å². The molecule has 1 atom stereocenters. The Balaban J connectivity index is 2.38. The molecule has 0 fully saturated rings. The topological polar surface area (TPSA) is 41.5 Å². The molecule has 1 aromatic carbocycles. The third-order valence-corrected chi connectivity index (χ3v) is 3.55. The van der Waals surface area contributed by atoms with Crippen molar-refractivity contribution in [2.75, 3.05) is 13.2 Å². The first kappa shape index (κ1) is 17.6. The Morgan fingerprint density at radius 2 is 2.05 bits per heavy atom. The molecule has 0 amide bonds. The first-order valence-electron chi connectivity index (χ1n) is 6.85. The van der Waals surface area contributed by atoms with Crippen molar-refractivity contribution in [3.05, 3.63) is 28.2 Å². The summed E-state index contributed by atoms with van der Waals surface area (Å²) < 4.78 is 5.50. The summed E-state index contributed by atoms with van der Waals surface area (Å²) in [4.78, 5) is 0. The Bertz CT molecular complexity index is 424. The standard InChI is InChI=1S/C15H23Cl2NO2/c1-4-7-15(2,3)18-9-12(19)10-20-14-6-5-11(16)8-13(14)17/h5-6,8,12,18-19H,4,7,9-10H2,1-3H3. The molecule has 2 N–H and O–H groups in total. The largest absolute Gasteiger partial charge is 0.489 e. The van der Waals surface area contributed by atoms with Crippen molar-refractivity contribution in [1.82, 2.24) is 5.32 Å². The summed E-state index contributed by atoms with van der Waals surface area (Å²) >= 11 is 11.8. The second kappa shape index (κ2) is 8.08. The molecule has 0 aliphatic carbocycles. The Labute approximate surface area is 131 Å². The number of halogens is 2. The van der Waals surface area contributed by atoms with E-state index in [4.69, 9.17) is 27.9 Å². The summed E-state index contributed by atoms with van der Waals surface area (Å²) in [5.74, 6) is 0.530. The number of β-amino-alcohol motifs (C(OH)–C–C–N with tert-alkyl or cyclic N) is 1. The number of benzene rings is 1. The van der Waals surface area contributed by atoms with Crippen LogP contribution in [0.1, 0.15) is 33.6 Å². The van der Waals surface area contributed by atoms with E-state index >= 15 is 0 Å². The number of hydrogen-bond donors (Lipinski definition) is 2. The van der Waals surface area contributed by atoms with Gasteiger partial charge in [0.1, 0.15) is 18.5 Å². The second-order valence-corrected chi connectivity index (χ2v) is 6.40. The zero-order valence-electron chi connectivity index (χ0n) is 12.2. The first-order valence-corrected chi connectivity index (χ1v) is 7.60. The predicted octanol–water partition coefficient (Wildman–Crippen LogP) is 3.90. The first-order chi connectivity index (χ1) is 9.34. The molecule has 0 heterocycles. The van der Waals surface area contributed by atoms with Crippen molar-refractivity contribution < 1.29 is 9.84 Å². The van der Waals surface area contributed by atoms with E-state index in [1.807, 2.05) is 0 Å². The molecule has 1 rings (SSSR count). The number of ether oxygens (including phenoxy) is 1. The van der Waals surface area contributed by atoms with Gasteiger partial charge in [0, 0.05) is 17.1 Å². The van der Waals surface area contributed by atoms with Crippen LogP contribution < -0.4 is 10.1 Å². The number of aliphatic hydroxyl groups is 1. The maximum atomic E-state index is 9.93. The van der Waals surface area contributed by atoms with E-state index in [9.17, 15) is 5.11 Å². The zero-order valence-corrected chi connectivity index (χ0v) is 13.8. The van der Waals surface area contributed by atoms with Crippen molar-refractivity contribution in [2.45, 2.75) is 45.3 Å². The van der Waals surface area contributed by atoms with E-state index in [1.165, 1.54) is 0 Å².